The van der Waals surface area contributed by atoms with Gasteiger partial charge in [-0.1, -0.05) is 11.6 Å². The summed E-state index contributed by atoms with van der Waals surface area (Å²) in [5, 5.41) is 17.1. The molecule has 0 heterocycles. The van der Waals surface area contributed by atoms with Crippen LogP contribution in [0.4, 0.5) is 57.1 Å². The number of halogens is 13. The highest BCUT2D eigenvalue weighted by molar-refractivity contribution is 5.14. The second kappa shape index (κ2) is 8.86. The molecule has 0 saturated carbocycles. The fourth-order valence-electron chi connectivity index (χ4n) is 2.04. The Morgan fingerprint density at radius 3 is 1.45 bits per heavy atom. The minimum atomic E-state index is -7.93. The van der Waals surface area contributed by atoms with Crippen molar-refractivity contribution < 1.29 is 67.3 Å². The summed E-state index contributed by atoms with van der Waals surface area (Å²) in [6.45, 7) is -1.44. The number of hydrogen-bond donors (Lipinski definition) is 2. The Labute approximate surface area is 155 Å². The minimum Gasteiger partial charge on any atom is -0.396 e. The molecule has 0 aliphatic heterocycles. The van der Waals surface area contributed by atoms with E-state index in [1.807, 2.05) is 0 Å². The van der Waals surface area contributed by atoms with Crippen LogP contribution in [0.5, 0.6) is 0 Å². The van der Waals surface area contributed by atoms with Gasteiger partial charge in [0, 0.05) is 19.6 Å². The molecule has 0 fully saturated rings. The molecule has 0 amide bonds. The van der Waals surface area contributed by atoms with Gasteiger partial charge in [-0.25, -0.2) is 0 Å². The topological polar surface area (TPSA) is 40.5 Å². The van der Waals surface area contributed by atoms with Gasteiger partial charge in [-0.2, -0.15) is 57.1 Å². The average Bonchev–Trinajstić information content (AvgIpc) is 2.55. The molecule has 0 radical (unpaired) electrons. The van der Waals surface area contributed by atoms with Crippen LogP contribution in [0.2, 0.25) is 0 Å². The SMILES string of the molecule is OCC/C=C(/CCCO)CC(F)(F)C(F)(F)C(F)(F)C(F)(F)C(F)(F)C(F)(F)F. The lowest BCUT2D eigenvalue weighted by molar-refractivity contribution is -0.439. The molecular weight excluding hydrogens is 447 g/mol. The van der Waals surface area contributed by atoms with E-state index < -0.39 is 80.3 Å². The highest BCUT2D eigenvalue weighted by atomic mass is 19.4. The first-order valence-electron chi connectivity index (χ1n) is 7.60. The zero-order valence-corrected chi connectivity index (χ0v) is 14.1. The quantitative estimate of drug-likeness (QED) is 0.328. The maximum Gasteiger partial charge on any atom is 0.460 e. The summed E-state index contributed by atoms with van der Waals surface area (Å²) < 4.78 is 169. The van der Waals surface area contributed by atoms with Gasteiger partial charge < -0.3 is 10.2 Å². The maximum atomic E-state index is 13.8. The predicted octanol–water partition coefficient (Wildman–Crippen LogP) is 5.20. The number of hydrogen-bond acceptors (Lipinski definition) is 2. The highest BCUT2D eigenvalue weighted by Crippen LogP contribution is 2.61. The second-order valence-corrected chi connectivity index (χ2v) is 5.88. The highest BCUT2D eigenvalue weighted by Gasteiger charge is 2.90. The lowest BCUT2D eigenvalue weighted by Gasteiger charge is -2.40. The molecule has 0 aromatic heterocycles. The van der Waals surface area contributed by atoms with Crippen molar-refractivity contribution in [1.82, 2.24) is 0 Å². The Morgan fingerprint density at radius 2 is 1.07 bits per heavy atom. The van der Waals surface area contributed by atoms with Crippen molar-refractivity contribution >= 4 is 0 Å². The van der Waals surface area contributed by atoms with Gasteiger partial charge in [-0.05, 0) is 19.3 Å². The molecule has 0 rings (SSSR count). The van der Waals surface area contributed by atoms with Crippen LogP contribution in [0.3, 0.4) is 0 Å². The molecule has 2 N–H and O–H groups in total. The molecule has 174 valence electrons. The van der Waals surface area contributed by atoms with E-state index >= 15 is 0 Å². The van der Waals surface area contributed by atoms with Gasteiger partial charge in [0.2, 0.25) is 0 Å². The van der Waals surface area contributed by atoms with Crippen LogP contribution in [0.15, 0.2) is 11.6 Å². The summed E-state index contributed by atoms with van der Waals surface area (Å²) in [6.07, 6.45) is -10.8. The van der Waals surface area contributed by atoms with Gasteiger partial charge in [0.15, 0.2) is 0 Å². The smallest absolute Gasteiger partial charge is 0.396 e. The van der Waals surface area contributed by atoms with Crippen molar-refractivity contribution in [2.75, 3.05) is 13.2 Å². The summed E-state index contributed by atoms with van der Waals surface area (Å²) in [4.78, 5) is 0. The maximum absolute atomic E-state index is 13.8. The zero-order valence-electron chi connectivity index (χ0n) is 14.1. The van der Waals surface area contributed by atoms with Crippen LogP contribution in [0, 0.1) is 0 Å². The third-order valence-electron chi connectivity index (χ3n) is 3.67. The first-order valence-corrected chi connectivity index (χ1v) is 7.60. The lowest BCUT2D eigenvalue weighted by Crippen LogP contribution is -2.70. The molecular formula is C14H15F13O2. The fourth-order valence-corrected chi connectivity index (χ4v) is 2.04. The summed E-state index contributed by atoms with van der Waals surface area (Å²) in [6, 6.07) is 0. The summed E-state index contributed by atoms with van der Waals surface area (Å²) in [5.41, 5.74) is -0.848. The zero-order chi connectivity index (χ0) is 23.5. The third-order valence-corrected chi connectivity index (χ3v) is 3.67. The van der Waals surface area contributed by atoms with Gasteiger partial charge in [-0.15, -0.1) is 0 Å². The molecule has 29 heavy (non-hydrogen) atoms. The van der Waals surface area contributed by atoms with Crippen molar-refractivity contribution in [2.45, 2.75) is 61.5 Å². The molecule has 0 aliphatic rings. The molecule has 0 aliphatic carbocycles. The van der Waals surface area contributed by atoms with E-state index in [-0.39, 0.29) is 0 Å². The lowest BCUT2D eigenvalue weighted by atomic mass is 9.89. The molecule has 15 heteroatoms. The van der Waals surface area contributed by atoms with E-state index in [1.54, 1.807) is 0 Å². The summed E-state index contributed by atoms with van der Waals surface area (Å²) in [7, 11) is 0. The van der Waals surface area contributed by atoms with Crippen molar-refractivity contribution in [1.29, 1.82) is 0 Å². The van der Waals surface area contributed by atoms with Crippen molar-refractivity contribution in [2.24, 2.45) is 0 Å². The predicted molar refractivity (Wildman–Crippen MR) is 71.5 cm³/mol. The van der Waals surface area contributed by atoms with E-state index in [9.17, 15) is 57.1 Å². The molecule has 2 nitrogen and oxygen atoms in total. The summed E-state index contributed by atoms with van der Waals surface area (Å²) in [5.74, 6) is -37.0. The van der Waals surface area contributed by atoms with Crippen LogP contribution in [0.1, 0.15) is 25.7 Å². The van der Waals surface area contributed by atoms with Crippen molar-refractivity contribution in [3.63, 3.8) is 0 Å². The van der Waals surface area contributed by atoms with Crippen LogP contribution in [0.25, 0.3) is 0 Å². The number of alkyl halides is 13. The van der Waals surface area contributed by atoms with E-state index in [2.05, 4.69) is 0 Å². The van der Waals surface area contributed by atoms with E-state index in [4.69, 9.17) is 10.2 Å². The number of rotatable bonds is 11. The first-order chi connectivity index (χ1) is 12.7. The van der Waals surface area contributed by atoms with E-state index in [0.29, 0.717) is 6.08 Å². The first kappa shape index (κ1) is 27.8. The average molecular weight is 462 g/mol. The number of aliphatic hydroxyl groups excluding tert-OH is 2. The van der Waals surface area contributed by atoms with Crippen LogP contribution < -0.4 is 0 Å². The standard InChI is InChI=1S/C14H15F13O2/c15-9(16,7-8(3-1-5-28)4-2-6-29)10(17,18)11(19,20)12(21,22)13(23,24)14(25,26)27/h3,28-29H,1-2,4-7H2/b8-3-. The number of allylic oxidation sites excluding steroid dienone is 1. The monoisotopic (exact) mass is 462 g/mol. The Balaban J connectivity index is 6.14. The molecule has 0 unspecified atom stereocenters. The van der Waals surface area contributed by atoms with E-state index in [1.165, 1.54) is 0 Å². The second-order valence-electron chi connectivity index (χ2n) is 5.88. The van der Waals surface area contributed by atoms with Gasteiger partial charge in [0.25, 0.3) is 0 Å². The molecule has 0 spiro atoms. The molecule has 0 atom stereocenters. The Morgan fingerprint density at radius 1 is 0.621 bits per heavy atom. The Kier molecular flexibility index (Phi) is 8.48. The van der Waals surface area contributed by atoms with E-state index in [0.717, 1.165) is 0 Å². The Hall–Kier alpha value is -1.25. The summed E-state index contributed by atoms with van der Waals surface area (Å²) >= 11 is 0. The molecule has 0 aromatic rings. The van der Waals surface area contributed by atoms with Crippen LogP contribution in [-0.4, -0.2) is 59.2 Å². The number of aliphatic hydroxyl groups is 2. The van der Waals surface area contributed by atoms with Gasteiger partial charge in [-0.3, -0.25) is 0 Å². The largest absolute Gasteiger partial charge is 0.460 e. The van der Waals surface area contributed by atoms with Crippen molar-refractivity contribution in [3.05, 3.63) is 11.6 Å². The normalized spacial score (nSPS) is 15.8. The molecule has 0 aromatic carbocycles. The van der Waals surface area contributed by atoms with Crippen LogP contribution in [-0.2, 0) is 0 Å². The van der Waals surface area contributed by atoms with Crippen molar-refractivity contribution in [3.8, 4) is 0 Å². The molecule has 0 bridgehead atoms. The van der Waals surface area contributed by atoms with Crippen LogP contribution >= 0.6 is 0 Å². The minimum absolute atomic E-state index is 0.391. The Bertz CT molecular complexity index is 566. The molecule has 0 saturated heterocycles. The van der Waals surface area contributed by atoms with Gasteiger partial charge in [0.05, 0.1) is 0 Å². The fraction of sp³-hybridized carbons (Fsp3) is 0.857. The van der Waals surface area contributed by atoms with Gasteiger partial charge in [0.1, 0.15) is 0 Å². The van der Waals surface area contributed by atoms with Gasteiger partial charge >= 0.3 is 35.8 Å². The third kappa shape index (κ3) is 5.09.